The first-order valence-electron chi connectivity index (χ1n) is 6.49. The van der Waals surface area contributed by atoms with Gasteiger partial charge in [-0.3, -0.25) is 4.79 Å². The summed E-state index contributed by atoms with van der Waals surface area (Å²) in [6.45, 7) is 2.05. The topological polar surface area (TPSA) is 61.0 Å². The van der Waals surface area contributed by atoms with Gasteiger partial charge in [0.05, 0.1) is 6.33 Å². The molecule has 0 radical (unpaired) electrons. The molecule has 1 unspecified atom stereocenters. The van der Waals surface area contributed by atoms with Gasteiger partial charge in [0.15, 0.2) is 5.82 Å². The lowest BCUT2D eigenvalue weighted by Gasteiger charge is -2.27. The predicted octanol–water partition coefficient (Wildman–Crippen LogP) is 1.25. The first-order chi connectivity index (χ1) is 8.75. The van der Waals surface area contributed by atoms with Crippen LogP contribution < -0.4 is 15.8 Å². The second-order valence-corrected chi connectivity index (χ2v) is 5.84. The molecule has 0 amide bonds. The van der Waals surface area contributed by atoms with Gasteiger partial charge in [0.1, 0.15) is 4.47 Å². The van der Waals surface area contributed by atoms with Crippen molar-refractivity contribution in [2.24, 2.45) is 0 Å². The number of H-pyrrole nitrogens is 1. The summed E-state index contributed by atoms with van der Waals surface area (Å²) < 4.78 is 0.551. The van der Waals surface area contributed by atoms with E-state index in [0.717, 1.165) is 18.9 Å². The molecule has 0 spiro atoms. The minimum atomic E-state index is -0.106. The van der Waals surface area contributed by atoms with Gasteiger partial charge >= 0.3 is 0 Å². The minimum Gasteiger partial charge on any atom is -0.351 e. The molecular weight excluding hydrogens is 296 g/mol. The first-order valence-corrected chi connectivity index (χ1v) is 7.28. The van der Waals surface area contributed by atoms with Crippen molar-refractivity contribution in [1.82, 2.24) is 15.3 Å². The summed E-state index contributed by atoms with van der Waals surface area (Å²) in [7, 11) is 0. The standard InChI is InChI=1S/C12H17BrN4O/c13-10-11(15-7-16-12(10)18)17(9-3-4-9)6-8-2-1-5-14-8/h7-9,14H,1-6H2,(H,15,16,18). The van der Waals surface area contributed by atoms with Gasteiger partial charge in [-0.2, -0.15) is 0 Å². The van der Waals surface area contributed by atoms with Crippen LogP contribution >= 0.6 is 15.9 Å². The van der Waals surface area contributed by atoms with Crippen LogP contribution in [0.1, 0.15) is 25.7 Å². The molecular formula is C12H17BrN4O. The molecule has 1 saturated carbocycles. The SMILES string of the molecule is O=c1[nH]cnc(N(CC2CCCN2)C2CC2)c1Br. The van der Waals surface area contributed by atoms with E-state index in [1.165, 1.54) is 32.0 Å². The Morgan fingerprint density at radius 2 is 2.28 bits per heavy atom. The molecule has 1 aliphatic carbocycles. The van der Waals surface area contributed by atoms with Crippen LogP contribution in [-0.2, 0) is 0 Å². The summed E-state index contributed by atoms with van der Waals surface area (Å²) in [5, 5.41) is 3.50. The third kappa shape index (κ3) is 2.44. The molecule has 2 aliphatic rings. The Kier molecular flexibility index (Phi) is 3.39. The zero-order valence-corrected chi connectivity index (χ0v) is 11.7. The van der Waals surface area contributed by atoms with Crippen LogP contribution in [0.3, 0.4) is 0 Å². The van der Waals surface area contributed by atoms with E-state index in [4.69, 9.17) is 0 Å². The lowest BCUT2D eigenvalue weighted by Crippen LogP contribution is -2.40. The molecule has 1 aromatic rings. The molecule has 0 bridgehead atoms. The van der Waals surface area contributed by atoms with Gasteiger partial charge in [-0.25, -0.2) is 4.98 Å². The number of nitrogens with zero attached hydrogens (tertiary/aromatic N) is 2. The van der Waals surface area contributed by atoms with E-state index in [1.807, 2.05) is 0 Å². The Morgan fingerprint density at radius 1 is 1.44 bits per heavy atom. The average molecular weight is 313 g/mol. The largest absolute Gasteiger partial charge is 0.351 e. The molecule has 2 heterocycles. The van der Waals surface area contributed by atoms with Crippen LogP contribution in [0, 0.1) is 0 Å². The third-order valence-electron chi connectivity index (χ3n) is 3.62. The highest BCUT2D eigenvalue weighted by atomic mass is 79.9. The Balaban J connectivity index is 1.84. The van der Waals surface area contributed by atoms with Crippen molar-refractivity contribution in [3.8, 4) is 0 Å². The molecule has 2 fully saturated rings. The lowest BCUT2D eigenvalue weighted by molar-refractivity contribution is 0.574. The Bertz CT molecular complexity index is 479. The summed E-state index contributed by atoms with van der Waals surface area (Å²) >= 11 is 3.36. The number of hydrogen-bond acceptors (Lipinski definition) is 4. The van der Waals surface area contributed by atoms with E-state index >= 15 is 0 Å². The fraction of sp³-hybridized carbons (Fsp3) is 0.667. The maximum absolute atomic E-state index is 11.6. The van der Waals surface area contributed by atoms with Gasteiger partial charge in [0.2, 0.25) is 0 Å². The van der Waals surface area contributed by atoms with E-state index in [9.17, 15) is 4.79 Å². The van der Waals surface area contributed by atoms with Gasteiger partial charge in [-0.1, -0.05) is 0 Å². The number of anilines is 1. The van der Waals surface area contributed by atoms with Crippen molar-refractivity contribution >= 4 is 21.7 Å². The zero-order chi connectivity index (χ0) is 12.5. The molecule has 0 aromatic carbocycles. The first kappa shape index (κ1) is 12.2. The van der Waals surface area contributed by atoms with E-state index < -0.39 is 0 Å². The smallest absolute Gasteiger partial charge is 0.267 e. The normalized spacial score (nSPS) is 23.3. The molecule has 98 valence electrons. The number of hydrogen-bond donors (Lipinski definition) is 2. The van der Waals surface area contributed by atoms with Gasteiger partial charge in [-0.15, -0.1) is 0 Å². The molecule has 3 rings (SSSR count). The fourth-order valence-electron chi connectivity index (χ4n) is 2.52. The molecule has 6 heteroatoms. The van der Waals surface area contributed by atoms with Crippen molar-refractivity contribution in [3.63, 3.8) is 0 Å². The van der Waals surface area contributed by atoms with Crippen LogP contribution in [-0.4, -0.2) is 35.1 Å². The fourth-order valence-corrected chi connectivity index (χ4v) is 2.96. The number of aromatic amines is 1. The van der Waals surface area contributed by atoms with Crippen LogP contribution in [0.4, 0.5) is 5.82 Å². The van der Waals surface area contributed by atoms with Gasteiger partial charge in [0, 0.05) is 18.6 Å². The lowest BCUT2D eigenvalue weighted by atomic mass is 10.2. The maximum Gasteiger partial charge on any atom is 0.267 e. The van der Waals surface area contributed by atoms with E-state index in [-0.39, 0.29) is 5.56 Å². The number of aromatic nitrogens is 2. The number of halogens is 1. The molecule has 2 N–H and O–H groups in total. The monoisotopic (exact) mass is 312 g/mol. The van der Waals surface area contributed by atoms with Crippen LogP contribution in [0.25, 0.3) is 0 Å². The summed E-state index contributed by atoms with van der Waals surface area (Å²) in [4.78, 5) is 20.9. The second kappa shape index (κ2) is 5.01. The Morgan fingerprint density at radius 3 is 2.94 bits per heavy atom. The maximum atomic E-state index is 11.6. The van der Waals surface area contributed by atoms with Crippen molar-refractivity contribution in [3.05, 3.63) is 21.2 Å². The Hall–Kier alpha value is -0.880. The molecule has 1 saturated heterocycles. The number of nitrogens with one attached hydrogen (secondary N) is 2. The van der Waals surface area contributed by atoms with E-state index in [0.29, 0.717) is 16.6 Å². The molecule has 1 aromatic heterocycles. The molecule has 18 heavy (non-hydrogen) atoms. The quantitative estimate of drug-likeness (QED) is 0.878. The highest BCUT2D eigenvalue weighted by Crippen LogP contribution is 2.33. The second-order valence-electron chi connectivity index (χ2n) is 5.05. The van der Waals surface area contributed by atoms with Crippen LogP contribution in [0.15, 0.2) is 15.6 Å². The molecule has 5 nitrogen and oxygen atoms in total. The zero-order valence-electron chi connectivity index (χ0n) is 10.2. The highest BCUT2D eigenvalue weighted by Gasteiger charge is 2.33. The van der Waals surface area contributed by atoms with Gasteiger partial charge in [-0.05, 0) is 48.2 Å². The van der Waals surface area contributed by atoms with E-state index in [2.05, 4.69) is 36.1 Å². The molecule has 1 atom stereocenters. The van der Waals surface area contributed by atoms with Crippen molar-refractivity contribution in [2.75, 3.05) is 18.0 Å². The van der Waals surface area contributed by atoms with Gasteiger partial charge in [0.25, 0.3) is 5.56 Å². The van der Waals surface area contributed by atoms with Crippen molar-refractivity contribution in [2.45, 2.75) is 37.8 Å². The minimum absolute atomic E-state index is 0.106. The summed E-state index contributed by atoms with van der Waals surface area (Å²) in [6, 6.07) is 1.08. The Labute approximate surface area is 114 Å². The summed E-state index contributed by atoms with van der Waals surface area (Å²) in [6.07, 6.45) is 6.35. The van der Waals surface area contributed by atoms with Crippen molar-refractivity contribution < 1.29 is 0 Å². The predicted molar refractivity (Wildman–Crippen MR) is 74.0 cm³/mol. The average Bonchev–Trinajstić information content (AvgIpc) is 3.08. The van der Waals surface area contributed by atoms with Gasteiger partial charge < -0.3 is 15.2 Å². The third-order valence-corrected chi connectivity index (χ3v) is 4.33. The van der Waals surface area contributed by atoms with Crippen LogP contribution in [0.2, 0.25) is 0 Å². The van der Waals surface area contributed by atoms with Crippen molar-refractivity contribution in [1.29, 1.82) is 0 Å². The summed E-state index contributed by atoms with van der Waals surface area (Å²) in [5.74, 6) is 0.787. The molecule has 1 aliphatic heterocycles. The van der Waals surface area contributed by atoms with E-state index in [1.54, 1.807) is 0 Å². The van der Waals surface area contributed by atoms with Crippen LogP contribution in [0.5, 0.6) is 0 Å². The summed E-state index contributed by atoms with van der Waals surface area (Å²) in [5.41, 5.74) is -0.106. The highest BCUT2D eigenvalue weighted by molar-refractivity contribution is 9.10. The number of rotatable bonds is 4.